The first-order chi connectivity index (χ1) is 19.1. The quantitative estimate of drug-likeness (QED) is 0.392. The van der Waals surface area contributed by atoms with Gasteiger partial charge in [0.2, 0.25) is 5.91 Å². The molecule has 6 rings (SSSR count). The maximum atomic E-state index is 11.7. The van der Waals surface area contributed by atoms with Gasteiger partial charge in [-0.3, -0.25) is 9.69 Å². The summed E-state index contributed by atoms with van der Waals surface area (Å²) in [6.07, 6.45) is 3.98. The molecule has 39 heavy (non-hydrogen) atoms. The summed E-state index contributed by atoms with van der Waals surface area (Å²) < 4.78 is 7.73. The Hall–Kier alpha value is -3.82. The molecule has 9 nitrogen and oxygen atoms in total. The van der Waals surface area contributed by atoms with Gasteiger partial charge in [-0.2, -0.15) is 5.10 Å². The number of fused-ring (bicyclic) bond motifs is 1. The Balaban J connectivity index is 1.30. The summed E-state index contributed by atoms with van der Waals surface area (Å²) in [6, 6.07) is 18.8. The molecular formula is C30H35N7O2. The van der Waals surface area contributed by atoms with Crippen molar-refractivity contribution in [3.63, 3.8) is 0 Å². The SMILES string of the molecule is CC(C(N)=O)c1ccc(-c2nc(N3CCOCC3)c3cnn(C4CCN(Cc5ccccc5)CC4)c3n2)cc1. The van der Waals surface area contributed by atoms with Gasteiger partial charge in [-0.1, -0.05) is 54.6 Å². The number of likely N-dealkylation sites (tertiary alicyclic amines) is 1. The van der Waals surface area contributed by atoms with Crippen LogP contribution in [-0.2, 0) is 16.1 Å². The number of nitrogens with zero attached hydrogens (tertiary/aromatic N) is 6. The number of ether oxygens (including phenoxy) is 1. The van der Waals surface area contributed by atoms with E-state index in [1.165, 1.54) is 5.56 Å². The van der Waals surface area contributed by atoms with E-state index in [1.54, 1.807) is 0 Å². The van der Waals surface area contributed by atoms with Crippen molar-refractivity contribution in [2.75, 3.05) is 44.3 Å². The van der Waals surface area contributed by atoms with Crippen LogP contribution >= 0.6 is 0 Å². The van der Waals surface area contributed by atoms with Gasteiger partial charge < -0.3 is 15.4 Å². The van der Waals surface area contributed by atoms with Gasteiger partial charge in [-0.05, 0) is 30.9 Å². The first kappa shape index (κ1) is 25.5. The Morgan fingerprint density at radius 1 is 1.00 bits per heavy atom. The highest BCUT2D eigenvalue weighted by atomic mass is 16.5. The maximum Gasteiger partial charge on any atom is 0.224 e. The number of carbonyl (C=O) groups excluding carboxylic acids is 1. The van der Waals surface area contributed by atoms with Gasteiger partial charge in [-0.15, -0.1) is 0 Å². The van der Waals surface area contributed by atoms with E-state index in [4.69, 9.17) is 25.5 Å². The topological polar surface area (TPSA) is 102 Å². The molecule has 0 spiro atoms. The molecule has 2 aromatic carbocycles. The monoisotopic (exact) mass is 525 g/mol. The van der Waals surface area contributed by atoms with Crippen LogP contribution in [0.3, 0.4) is 0 Å². The molecule has 0 bridgehead atoms. The van der Waals surface area contributed by atoms with Gasteiger partial charge in [0, 0.05) is 38.3 Å². The lowest BCUT2D eigenvalue weighted by molar-refractivity contribution is -0.119. The summed E-state index contributed by atoms with van der Waals surface area (Å²) in [5.74, 6) is 0.875. The van der Waals surface area contributed by atoms with Crippen LogP contribution in [0.1, 0.15) is 42.9 Å². The minimum absolute atomic E-state index is 0.286. The summed E-state index contributed by atoms with van der Waals surface area (Å²) in [5.41, 5.74) is 9.52. The molecule has 4 aromatic rings. The number of aromatic nitrogens is 4. The van der Waals surface area contributed by atoms with Crippen molar-refractivity contribution in [3.8, 4) is 11.4 Å². The molecule has 202 valence electrons. The fourth-order valence-corrected chi connectivity index (χ4v) is 5.57. The Morgan fingerprint density at radius 3 is 2.41 bits per heavy atom. The second kappa shape index (κ2) is 11.1. The average Bonchev–Trinajstić information content (AvgIpc) is 3.42. The number of amides is 1. The molecule has 1 amide bonds. The number of piperidine rings is 1. The number of hydrogen-bond donors (Lipinski definition) is 1. The van der Waals surface area contributed by atoms with Crippen molar-refractivity contribution in [1.29, 1.82) is 0 Å². The molecule has 0 aliphatic carbocycles. The van der Waals surface area contributed by atoms with Gasteiger partial charge >= 0.3 is 0 Å². The molecule has 2 aliphatic heterocycles. The number of hydrogen-bond acceptors (Lipinski definition) is 7. The third-order valence-electron chi connectivity index (χ3n) is 7.99. The zero-order valence-electron chi connectivity index (χ0n) is 22.4. The number of nitrogens with two attached hydrogens (primary N) is 1. The number of primary amides is 1. The normalized spacial score (nSPS) is 17.9. The van der Waals surface area contributed by atoms with E-state index in [-0.39, 0.29) is 17.9 Å². The number of carbonyl (C=O) groups is 1. The number of anilines is 1. The third-order valence-corrected chi connectivity index (χ3v) is 7.99. The van der Waals surface area contributed by atoms with Crippen molar-refractivity contribution in [1.82, 2.24) is 24.6 Å². The molecule has 2 aliphatic rings. The fraction of sp³-hybridized carbons (Fsp3) is 0.400. The molecule has 1 unspecified atom stereocenters. The van der Waals surface area contributed by atoms with E-state index < -0.39 is 0 Å². The molecular weight excluding hydrogens is 490 g/mol. The van der Waals surface area contributed by atoms with E-state index >= 15 is 0 Å². The largest absolute Gasteiger partial charge is 0.378 e. The first-order valence-electron chi connectivity index (χ1n) is 13.8. The third kappa shape index (κ3) is 5.37. The lowest BCUT2D eigenvalue weighted by Crippen LogP contribution is -2.37. The van der Waals surface area contributed by atoms with Gasteiger partial charge in [0.1, 0.15) is 5.82 Å². The van der Waals surface area contributed by atoms with Crippen molar-refractivity contribution < 1.29 is 9.53 Å². The predicted octanol–water partition coefficient (Wildman–Crippen LogP) is 3.76. The smallest absolute Gasteiger partial charge is 0.224 e. The van der Waals surface area contributed by atoms with Crippen molar-refractivity contribution in [2.45, 2.75) is 38.3 Å². The summed E-state index contributed by atoms with van der Waals surface area (Å²) in [6.45, 7) is 7.76. The lowest BCUT2D eigenvalue weighted by atomic mass is 9.99. The Kier molecular flexibility index (Phi) is 7.26. The molecule has 2 aromatic heterocycles. The summed E-state index contributed by atoms with van der Waals surface area (Å²) in [7, 11) is 0. The van der Waals surface area contributed by atoms with Crippen LogP contribution in [0.5, 0.6) is 0 Å². The highest BCUT2D eigenvalue weighted by Crippen LogP contribution is 2.32. The zero-order chi connectivity index (χ0) is 26.8. The molecule has 2 fully saturated rings. The molecule has 9 heteroatoms. The van der Waals surface area contributed by atoms with Crippen LogP contribution in [0.4, 0.5) is 5.82 Å². The molecule has 2 N–H and O–H groups in total. The minimum Gasteiger partial charge on any atom is -0.378 e. The van der Waals surface area contributed by atoms with Gasteiger partial charge in [0.25, 0.3) is 0 Å². The second-order valence-corrected chi connectivity index (χ2v) is 10.5. The van der Waals surface area contributed by atoms with Crippen molar-refractivity contribution in [3.05, 3.63) is 71.9 Å². The van der Waals surface area contributed by atoms with Crippen LogP contribution in [0, 0.1) is 0 Å². The van der Waals surface area contributed by atoms with Crippen LogP contribution < -0.4 is 10.6 Å². The Labute approximate surface area is 228 Å². The fourth-order valence-electron chi connectivity index (χ4n) is 5.57. The van der Waals surface area contributed by atoms with Crippen molar-refractivity contribution in [2.24, 2.45) is 5.73 Å². The van der Waals surface area contributed by atoms with Crippen LogP contribution in [0.15, 0.2) is 60.8 Å². The molecule has 0 radical (unpaired) electrons. The Bertz CT molecular complexity index is 1420. The highest BCUT2D eigenvalue weighted by molar-refractivity contribution is 5.89. The maximum absolute atomic E-state index is 11.7. The standard InChI is InChI=1S/C30H35N7O2/c1-21(27(31)38)23-7-9-24(10-8-23)28-33-29(36-15-17-39-18-16-36)26-19-32-37(30(26)34-28)25-11-13-35(14-12-25)20-22-5-3-2-4-6-22/h2-10,19,21,25H,11-18,20H2,1H3,(H2,31,38). The molecule has 4 heterocycles. The van der Waals surface area contributed by atoms with E-state index in [9.17, 15) is 4.79 Å². The lowest BCUT2D eigenvalue weighted by Gasteiger charge is -2.32. The Morgan fingerprint density at radius 2 is 1.72 bits per heavy atom. The van der Waals surface area contributed by atoms with E-state index in [2.05, 4.69) is 44.8 Å². The van der Waals surface area contributed by atoms with Gasteiger partial charge in [0.05, 0.1) is 36.8 Å². The second-order valence-electron chi connectivity index (χ2n) is 10.5. The van der Waals surface area contributed by atoms with Crippen LogP contribution in [0.25, 0.3) is 22.4 Å². The summed E-state index contributed by atoms with van der Waals surface area (Å²) in [4.78, 5) is 26.5. The van der Waals surface area contributed by atoms with E-state index in [0.717, 1.165) is 73.5 Å². The van der Waals surface area contributed by atoms with Gasteiger partial charge in [0.15, 0.2) is 11.5 Å². The van der Waals surface area contributed by atoms with Gasteiger partial charge in [-0.25, -0.2) is 14.6 Å². The predicted molar refractivity (Wildman–Crippen MR) is 151 cm³/mol. The molecule has 1 atom stereocenters. The summed E-state index contributed by atoms with van der Waals surface area (Å²) >= 11 is 0. The highest BCUT2D eigenvalue weighted by Gasteiger charge is 2.26. The summed E-state index contributed by atoms with van der Waals surface area (Å²) in [5, 5.41) is 5.84. The van der Waals surface area contributed by atoms with E-state index in [1.807, 2.05) is 37.4 Å². The van der Waals surface area contributed by atoms with Crippen LogP contribution in [0.2, 0.25) is 0 Å². The van der Waals surface area contributed by atoms with E-state index in [0.29, 0.717) is 19.0 Å². The van der Waals surface area contributed by atoms with Crippen molar-refractivity contribution >= 4 is 22.8 Å². The average molecular weight is 526 g/mol. The first-order valence-corrected chi connectivity index (χ1v) is 13.8. The zero-order valence-corrected chi connectivity index (χ0v) is 22.4. The number of benzene rings is 2. The molecule has 0 saturated carbocycles. The van der Waals surface area contributed by atoms with Crippen LogP contribution in [-0.4, -0.2) is 69.9 Å². The number of morpholine rings is 1. The minimum atomic E-state index is -0.347. The number of rotatable bonds is 7. The molecule has 2 saturated heterocycles.